The van der Waals surface area contributed by atoms with E-state index in [1.54, 1.807) is 12.1 Å². The minimum atomic E-state index is -0.341. The number of para-hydroxylation sites is 1. The van der Waals surface area contributed by atoms with E-state index in [4.69, 9.17) is 14.2 Å². The van der Waals surface area contributed by atoms with E-state index in [1.807, 2.05) is 37.3 Å². The van der Waals surface area contributed by atoms with Gasteiger partial charge in [-0.1, -0.05) is 84.4 Å². The Balaban J connectivity index is 1.37. The molecule has 0 fully saturated rings. The third-order valence-electron chi connectivity index (χ3n) is 7.56. The molecule has 0 atom stereocenters. The lowest BCUT2D eigenvalue weighted by molar-refractivity contribution is -0.143. The summed E-state index contributed by atoms with van der Waals surface area (Å²) in [5.74, 6) is 0.402. The van der Waals surface area contributed by atoms with Crippen molar-refractivity contribution in [1.29, 1.82) is 0 Å². The van der Waals surface area contributed by atoms with Crippen molar-refractivity contribution >= 4 is 11.9 Å². The molecule has 0 N–H and O–H groups in total. The van der Waals surface area contributed by atoms with Crippen molar-refractivity contribution in [3.05, 3.63) is 125 Å². The summed E-state index contributed by atoms with van der Waals surface area (Å²) in [6, 6.07) is 32.9. The summed E-state index contributed by atoms with van der Waals surface area (Å²) in [5.41, 5.74) is 7.58. The van der Waals surface area contributed by atoms with Gasteiger partial charge in [0.05, 0.1) is 19.3 Å². The molecule has 0 saturated heterocycles. The van der Waals surface area contributed by atoms with Crippen LogP contribution in [0, 0.1) is 6.92 Å². The van der Waals surface area contributed by atoms with Gasteiger partial charge in [0, 0.05) is 19.5 Å². The summed E-state index contributed by atoms with van der Waals surface area (Å²) in [5, 5.41) is 0. The number of carbonyl (C=O) groups excluding carboxylic acids is 2. The molecule has 6 nitrogen and oxygen atoms in total. The van der Waals surface area contributed by atoms with Gasteiger partial charge in [-0.2, -0.15) is 0 Å². The Bertz CT molecular complexity index is 1480. The van der Waals surface area contributed by atoms with Crippen molar-refractivity contribution in [1.82, 2.24) is 4.90 Å². The van der Waals surface area contributed by atoms with E-state index in [0.717, 1.165) is 61.3 Å². The molecule has 0 bridgehead atoms. The summed E-state index contributed by atoms with van der Waals surface area (Å²) in [7, 11) is 1.39. The maximum absolute atomic E-state index is 11.9. The van der Waals surface area contributed by atoms with Crippen LogP contribution < -0.4 is 4.74 Å². The van der Waals surface area contributed by atoms with Gasteiger partial charge in [0.15, 0.2) is 0 Å². The van der Waals surface area contributed by atoms with E-state index in [1.165, 1.54) is 23.8 Å². The highest BCUT2D eigenvalue weighted by molar-refractivity contribution is 5.89. The lowest BCUT2D eigenvalue weighted by Crippen LogP contribution is -2.27. The number of benzene rings is 4. The van der Waals surface area contributed by atoms with Crippen LogP contribution in [0.25, 0.3) is 11.1 Å². The number of methoxy groups -OCH3 is 1. The Morgan fingerprint density at radius 1 is 0.773 bits per heavy atom. The molecule has 0 radical (unpaired) electrons. The highest BCUT2D eigenvalue weighted by Crippen LogP contribution is 2.24. The Morgan fingerprint density at radius 2 is 1.52 bits per heavy atom. The molecule has 0 heterocycles. The zero-order chi connectivity index (χ0) is 31.1. The highest BCUT2D eigenvalue weighted by atomic mass is 16.5. The van der Waals surface area contributed by atoms with E-state index < -0.39 is 0 Å². The third-order valence-corrected chi connectivity index (χ3v) is 7.56. The summed E-state index contributed by atoms with van der Waals surface area (Å²) in [6.45, 7) is 7.24. The first-order chi connectivity index (χ1) is 21.4. The molecule has 4 aromatic carbocycles. The number of nitrogens with zero attached hydrogens (tertiary/aromatic N) is 1. The summed E-state index contributed by atoms with van der Waals surface area (Å²) < 4.78 is 16.2. The molecule has 0 spiro atoms. The first kappa shape index (κ1) is 32.5. The molecule has 0 aliphatic heterocycles. The zero-order valence-electron chi connectivity index (χ0n) is 26.1. The van der Waals surface area contributed by atoms with Crippen LogP contribution >= 0.6 is 0 Å². The molecular formula is C38H43NO5. The molecule has 0 aliphatic rings. The van der Waals surface area contributed by atoms with Crippen LogP contribution in [0.2, 0.25) is 0 Å². The number of hydrogen-bond donors (Lipinski definition) is 0. The number of esters is 2. The molecule has 44 heavy (non-hydrogen) atoms. The molecule has 0 saturated carbocycles. The average molecular weight is 594 g/mol. The van der Waals surface area contributed by atoms with E-state index >= 15 is 0 Å². The molecule has 4 aromatic rings. The van der Waals surface area contributed by atoms with Gasteiger partial charge in [0.25, 0.3) is 0 Å². The van der Waals surface area contributed by atoms with Crippen molar-refractivity contribution < 1.29 is 23.8 Å². The van der Waals surface area contributed by atoms with Gasteiger partial charge < -0.3 is 14.2 Å². The van der Waals surface area contributed by atoms with Crippen LogP contribution in [0.1, 0.15) is 58.8 Å². The average Bonchev–Trinajstić information content (AvgIpc) is 3.05. The Kier molecular flexibility index (Phi) is 12.6. The molecule has 6 heteroatoms. The number of carbonyl (C=O) groups is 2. The van der Waals surface area contributed by atoms with E-state index in [2.05, 4.69) is 66.4 Å². The van der Waals surface area contributed by atoms with Crippen molar-refractivity contribution in [2.45, 2.75) is 52.7 Å². The number of unbranched alkanes of at least 4 members (excludes halogenated alkanes) is 1. The Morgan fingerprint density at radius 3 is 2.25 bits per heavy atom. The smallest absolute Gasteiger partial charge is 0.337 e. The Labute approximate surface area is 261 Å². The van der Waals surface area contributed by atoms with E-state index in [0.29, 0.717) is 25.2 Å². The third kappa shape index (κ3) is 10.1. The van der Waals surface area contributed by atoms with Crippen LogP contribution in [0.5, 0.6) is 5.75 Å². The van der Waals surface area contributed by atoms with Gasteiger partial charge in [-0.3, -0.25) is 9.69 Å². The lowest BCUT2D eigenvalue weighted by atomic mass is 10.0. The van der Waals surface area contributed by atoms with Crippen molar-refractivity contribution in [3.8, 4) is 16.9 Å². The largest absolute Gasteiger partial charge is 0.489 e. The monoisotopic (exact) mass is 593 g/mol. The molecule has 0 amide bonds. The molecule has 0 unspecified atom stereocenters. The summed E-state index contributed by atoms with van der Waals surface area (Å²) >= 11 is 0. The summed E-state index contributed by atoms with van der Waals surface area (Å²) in [4.78, 5) is 26.1. The van der Waals surface area contributed by atoms with Gasteiger partial charge >= 0.3 is 11.9 Å². The number of rotatable bonds is 16. The number of aryl methyl sites for hydroxylation is 1. The minimum Gasteiger partial charge on any atom is -0.489 e. The highest BCUT2D eigenvalue weighted by Gasteiger charge is 2.12. The van der Waals surface area contributed by atoms with Gasteiger partial charge in [-0.05, 0) is 85.7 Å². The molecule has 230 valence electrons. The maximum Gasteiger partial charge on any atom is 0.337 e. The normalized spacial score (nSPS) is 10.9. The van der Waals surface area contributed by atoms with Gasteiger partial charge in [0.2, 0.25) is 0 Å². The van der Waals surface area contributed by atoms with Crippen LogP contribution in [0.4, 0.5) is 0 Å². The van der Waals surface area contributed by atoms with Gasteiger partial charge in [-0.15, -0.1) is 0 Å². The number of ether oxygens (including phenoxy) is 3. The molecule has 0 aromatic heterocycles. The fraction of sp³-hybridized carbons (Fsp3) is 0.316. The SMILES string of the molecule is CCOC(=O)CCCCN(CCc1ccccc1OCc1ccc(-c2cccc(C)c2)cc1)Cc1ccc(C(=O)OC)cc1. The second-order valence-corrected chi connectivity index (χ2v) is 10.9. The first-order valence-corrected chi connectivity index (χ1v) is 15.4. The van der Waals surface area contributed by atoms with Crippen molar-refractivity contribution in [2.24, 2.45) is 0 Å². The van der Waals surface area contributed by atoms with E-state index in [-0.39, 0.29) is 11.9 Å². The second kappa shape index (κ2) is 17.0. The van der Waals surface area contributed by atoms with Crippen LogP contribution in [-0.4, -0.2) is 43.6 Å². The maximum atomic E-state index is 11.9. The molecule has 0 aliphatic carbocycles. The molecular weight excluding hydrogens is 550 g/mol. The standard InChI is InChI=1S/C38H43NO5/c1-4-43-37(40)14-7-8-24-39(27-30-15-21-34(22-16-30)38(41)42-3)25-23-33-11-5-6-13-36(33)44-28-31-17-19-32(20-18-31)35-12-9-10-29(2)26-35/h5-6,9-13,15-22,26H,4,7-8,14,23-25,27-28H2,1-3H3. The van der Waals surface area contributed by atoms with Crippen molar-refractivity contribution in [3.63, 3.8) is 0 Å². The lowest BCUT2D eigenvalue weighted by Gasteiger charge is -2.23. The first-order valence-electron chi connectivity index (χ1n) is 15.4. The zero-order valence-corrected chi connectivity index (χ0v) is 26.1. The van der Waals surface area contributed by atoms with Crippen LogP contribution in [0.3, 0.4) is 0 Å². The quantitative estimate of drug-likeness (QED) is 0.0976. The Hall–Kier alpha value is -4.42. The molecule has 4 rings (SSSR count). The van der Waals surface area contributed by atoms with Gasteiger partial charge in [0.1, 0.15) is 12.4 Å². The summed E-state index contributed by atoms with van der Waals surface area (Å²) in [6.07, 6.45) is 2.91. The van der Waals surface area contributed by atoms with Gasteiger partial charge in [-0.25, -0.2) is 4.79 Å². The fourth-order valence-corrected chi connectivity index (χ4v) is 5.14. The topological polar surface area (TPSA) is 65.1 Å². The van der Waals surface area contributed by atoms with E-state index in [9.17, 15) is 9.59 Å². The predicted octanol–water partition coefficient (Wildman–Crippen LogP) is 7.81. The minimum absolute atomic E-state index is 0.145. The number of hydrogen-bond acceptors (Lipinski definition) is 6. The van der Waals surface area contributed by atoms with Crippen LogP contribution in [0.15, 0.2) is 97.1 Å². The second-order valence-electron chi connectivity index (χ2n) is 10.9. The van der Waals surface area contributed by atoms with Crippen molar-refractivity contribution in [2.75, 3.05) is 26.8 Å². The fourth-order valence-electron chi connectivity index (χ4n) is 5.14. The predicted molar refractivity (Wildman–Crippen MR) is 175 cm³/mol. The van der Waals surface area contributed by atoms with Crippen LogP contribution in [-0.2, 0) is 33.8 Å².